The second-order valence-corrected chi connectivity index (χ2v) is 3.72. The molecule has 1 aromatic heterocycles. The van der Waals surface area contributed by atoms with Gasteiger partial charge < -0.3 is 5.73 Å². The molecular formula is C7H4BrClFN3. The predicted octanol–water partition coefficient (Wildman–Crippen LogP) is 2.70. The minimum Gasteiger partial charge on any atom is -0.382 e. The highest BCUT2D eigenvalue weighted by Crippen LogP contribution is 2.33. The van der Waals surface area contributed by atoms with E-state index >= 15 is 0 Å². The highest BCUT2D eigenvalue weighted by molar-refractivity contribution is 9.10. The molecule has 0 saturated heterocycles. The van der Waals surface area contributed by atoms with Crippen molar-refractivity contribution in [3.63, 3.8) is 0 Å². The van der Waals surface area contributed by atoms with E-state index in [4.69, 9.17) is 17.3 Å². The Labute approximate surface area is 86.2 Å². The Kier molecular flexibility index (Phi) is 1.92. The van der Waals surface area contributed by atoms with Crippen LogP contribution in [0.1, 0.15) is 0 Å². The summed E-state index contributed by atoms with van der Waals surface area (Å²) in [4.78, 5) is 0. The van der Waals surface area contributed by atoms with Crippen LogP contribution in [0.25, 0.3) is 10.9 Å². The first-order valence-corrected chi connectivity index (χ1v) is 4.55. The molecule has 3 N–H and O–H groups in total. The van der Waals surface area contributed by atoms with Crippen LogP contribution in [0.2, 0.25) is 5.02 Å². The van der Waals surface area contributed by atoms with Gasteiger partial charge in [0.05, 0.1) is 20.4 Å². The minimum absolute atomic E-state index is 0.0306. The van der Waals surface area contributed by atoms with E-state index in [0.717, 1.165) is 0 Å². The lowest BCUT2D eigenvalue weighted by Gasteiger charge is -1.98. The second kappa shape index (κ2) is 2.85. The molecule has 0 aliphatic rings. The van der Waals surface area contributed by atoms with Gasteiger partial charge in [0.2, 0.25) is 0 Å². The van der Waals surface area contributed by atoms with Gasteiger partial charge in [0, 0.05) is 0 Å². The maximum Gasteiger partial charge on any atom is 0.156 e. The fourth-order valence-corrected chi connectivity index (χ4v) is 2.06. The van der Waals surface area contributed by atoms with E-state index in [2.05, 4.69) is 26.1 Å². The summed E-state index contributed by atoms with van der Waals surface area (Å²) in [5.74, 6) is -0.278. The first kappa shape index (κ1) is 8.77. The van der Waals surface area contributed by atoms with Crippen molar-refractivity contribution in [2.24, 2.45) is 0 Å². The van der Waals surface area contributed by atoms with Crippen LogP contribution in [0, 0.1) is 5.82 Å². The number of nitrogens with zero attached hydrogens (tertiary/aromatic N) is 1. The Morgan fingerprint density at radius 2 is 2.31 bits per heavy atom. The average Bonchev–Trinajstić information content (AvgIpc) is 2.43. The number of nitrogen functional groups attached to an aromatic ring is 1. The molecule has 0 unspecified atom stereocenters. The van der Waals surface area contributed by atoms with Gasteiger partial charge in [0.1, 0.15) is 0 Å². The standard InChI is InChI=1S/C7H4BrClFN3/c8-5-4-3(12-13-7(4)11)1-2(9)6(5)10/h1H,(H3,11,12,13). The molecule has 0 fully saturated rings. The molecule has 68 valence electrons. The Bertz CT molecular complexity index is 482. The van der Waals surface area contributed by atoms with E-state index in [9.17, 15) is 4.39 Å². The molecule has 0 saturated carbocycles. The van der Waals surface area contributed by atoms with Crippen molar-refractivity contribution in [3.8, 4) is 0 Å². The lowest BCUT2D eigenvalue weighted by Crippen LogP contribution is -1.86. The summed E-state index contributed by atoms with van der Waals surface area (Å²) in [6.45, 7) is 0. The average molecular weight is 264 g/mol. The van der Waals surface area contributed by atoms with Crippen molar-refractivity contribution < 1.29 is 4.39 Å². The molecule has 0 radical (unpaired) electrons. The number of aromatic amines is 1. The largest absolute Gasteiger partial charge is 0.382 e. The molecule has 6 heteroatoms. The molecule has 0 aliphatic carbocycles. The fraction of sp³-hybridized carbons (Fsp3) is 0. The molecule has 2 aromatic rings. The first-order chi connectivity index (χ1) is 6.11. The van der Waals surface area contributed by atoms with Crippen molar-refractivity contribution in [1.29, 1.82) is 0 Å². The normalized spacial score (nSPS) is 11.0. The Morgan fingerprint density at radius 1 is 1.62 bits per heavy atom. The molecule has 0 atom stereocenters. The fourth-order valence-electron chi connectivity index (χ4n) is 1.11. The van der Waals surface area contributed by atoms with E-state index in [-0.39, 0.29) is 15.3 Å². The topological polar surface area (TPSA) is 54.7 Å². The van der Waals surface area contributed by atoms with Gasteiger partial charge in [-0.3, -0.25) is 5.10 Å². The van der Waals surface area contributed by atoms with Crippen LogP contribution in [0.4, 0.5) is 10.2 Å². The summed E-state index contributed by atoms with van der Waals surface area (Å²) >= 11 is 8.67. The Balaban J connectivity index is 2.97. The maximum atomic E-state index is 13.2. The molecule has 1 aromatic carbocycles. The van der Waals surface area contributed by atoms with E-state index in [0.29, 0.717) is 10.9 Å². The number of anilines is 1. The quantitative estimate of drug-likeness (QED) is 0.719. The van der Waals surface area contributed by atoms with Crippen LogP contribution >= 0.6 is 27.5 Å². The van der Waals surface area contributed by atoms with Crippen LogP contribution in [-0.4, -0.2) is 10.2 Å². The Morgan fingerprint density at radius 3 is 3.00 bits per heavy atom. The molecular weight excluding hydrogens is 260 g/mol. The van der Waals surface area contributed by atoms with Crippen LogP contribution in [-0.2, 0) is 0 Å². The van der Waals surface area contributed by atoms with Gasteiger partial charge >= 0.3 is 0 Å². The molecule has 0 amide bonds. The van der Waals surface area contributed by atoms with E-state index < -0.39 is 5.82 Å². The van der Waals surface area contributed by atoms with Crippen LogP contribution in [0.3, 0.4) is 0 Å². The highest BCUT2D eigenvalue weighted by atomic mass is 79.9. The van der Waals surface area contributed by atoms with E-state index in [1.807, 2.05) is 0 Å². The smallest absolute Gasteiger partial charge is 0.156 e. The SMILES string of the molecule is Nc1n[nH]c2cc(Cl)c(F)c(Br)c12. The molecule has 0 aliphatic heterocycles. The van der Waals surface area contributed by atoms with Gasteiger partial charge in [-0.05, 0) is 22.0 Å². The third kappa shape index (κ3) is 1.19. The predicted molar refractivity (Wildman–Crippen MR) is 53.2 cm³/mol. The van der Waals surface area contributed by atoms with Gasteiger partial charge in [-0.15, -0.1) is 0 Å². The molecule has 3 nitrogen and oxygen atoms in total. The number of rotatable bonds is 0. The number of hydrogen-bond donors (Lipinski definition) is 2. The summed E-state index contributed by atoms with van der Waals surface area (Å²) in [5, 5.41) is 6.92. The third-order valence-corrected chi connectivity index (χ3v) is 2.73. The number of aromatic nitrogens is 2. The van der Waals surface area contributed by atoms with E-state index in [1.54, 1.807) is 0 Å². The van der Waals surface area contributed by atoms with Crippen molar-refractivity contribution in [3.05, 3.63) is 21.4 Å². The van der Waals surface area contributed by atoms with E-state index in [1.165, 1.54) is 6.07 Å². The maximum absolute atomic E-state index is 13.2. The molecule has 1 heterocycles. The zero-order chi connectivity index (χ0) is 9.59. The monoisotopic (exact) mass is 263 g/mol. The van der Waals surface area contributed by atoms with Crippen LogP contribution in [0.5, 0.6) is 0 Å². The van der Waals surface area contributed by atoms with Gasteiger partial charge in [0.25, 0.3) is 0 Å². The number of nitrogens with one attached hydrogen (secondary N) is 1. The zero-order valence-electron chi connectivity index (χ0n) is 6.24. The second-order valence-electron chi connectivity index (χ2n) is 2.52. The van der Waals surface area contributed by atoms with Gasteiger partial charge in [-0.2, -0.15) is 5.10 Å². The highest BCUT2D eigenvalue weighted by Gasteiger charge is 2.13. The molecule has 2 rings (SSSR count). The summed E-state index contributed by atoms with van der Waals surface area (Å²) in [5.41, 5.74) is 6.12. The van der Waals surface area contributed by atoms with Gasteiger partial charge in [-0.25, -0.2) is 4.39 Å². The number of halogens is 3. The van der Waals surface area contributed by atoms with Crippen molar-refractivity contribution in [2.45, 2.75) is 0 Å². The van der Waals surface area contributed by atoms with Crippen LogP contribution < -0.4 is 5.73 Å². The summed E-state index contributed by atoms with van der Waals surface area (Å²) in [6.07, 6.45) is 0. The molecule has 0 bridgehead atoms. The summed E-state index contributed by atoms with van der Waals surface area (Å²) < 4.78 is 13.5. The summed E-state index contributed by atoms with van der Waals surface area (Å²) in [6, 6.07) is 1.44. The lowest BCUT2D eigenvalue weighted by molar-refractivity contribution is 0.624. The number of H-pyrrole nitrogens is 1. The Hall–Kier alpha value is -0.810. The molecule has 13 heavy (non-hydrogen) atoms. The number of fused-ring (bicyclic) bond motifs is 1. The van der Waals surface area contributed by atoms with Crippen molar-refractivity contribution >= 4 is 44.3 Å². The molecule has 0 spiro atoms. The first-order valence-electron chi connectivity index (χ1n) is 3.38. The number of benzene rings is 1. The van der Waals surface area contributed by atoms with Crippen molar-refractivity contribution in [1.82, 2.24) is 10.2 Å². The van der Waals surface area contributed by atoms with Crippen molar-refractivity contribution in [2.75, 3.05) is 5.73 Å². The zero-order valence-corrected chi connectivity index (χ0v) is 8.58. The number of hydrogen-bond acceptors (Lipinski definition) is 2. The van der Waals surface area contributed by atoms with Gasteiger partial charge in [0.15, 0.2) is 11.6 Å². The van der Waals surface area contributed by atoms with Crippen LogP contribution in [0.15, 0.2) is 10.5 Å². The lowest BCUT2D eigenvalue weighted by atomic mass is 10.2. The van der Waals surface area contributed by atoms with Gasteiger partial charge in [-0.1, -0.05) is 11.6 Å². The summed E-state index contributed by atoms with van der Waals surface area (Å²) in [7, 11) is 0. The number of nitrogens with two attached hydrogens (primary N) is 1. The minimum atomic E-state index is -0.526. The third-order valence-electron chi connectivity index (χ3n) is 1.72.